The van der Waals surface area contributed by atoms with Crippen molar-refractivity contribution in [3.05, 3.63) is 71.4 Å². The molecule has 29 heavy (non-hydrogen) atoms. The van der Waals surface area contributed by atoms with Crippen LogP contribution in [-0.4, -0.2) is 22.1 Å². The van der Waals surface area contributed by atoms with E-state index in [1.807, 2.05) is 37.3 Å². The zero-order valence-electron chi connectivity index (χ0n) is 16.0. The summed E-state index contributed by atoms with van der Waals surface area (Å²) in [6.45, 7) is 3.66. The summed E-state index contributed by atoms with van der Waals surface area (Å²) < 4.78 is 5.13. The third-order valence-electron chi connectivity index (χ3n) is 4.08. The summed E-state index contributed by atoms with van der Waals surface area (Å²) in [4.78, 5) is 28.7. The Kier molecular flexibility index (Phi) is 6.50. The molecule has 3 amide bonds. The molecule has 0 saturated carbocycles. The minimum atomic E-state index is -0.621. The maximum atomic E-state index is 12.8. The molecule has 1 atom stereocenters. The molecule has 2 aromatic carbocycles. The Morgan fingerprint density at radius 2 is 1.90 bits per heavy atom. The van der Waals surface area contributed by atoms with Gasteiger partial charge in [0, 0.05) is 10.6 Å². The number of benzene rings is 2. The molecule has 8 nitrogen and oxygen atoms in total. The van der Waals surface area contributed by atoms with Crippen molar-refractivity contribution in [1.82, 2.24) is 15.5 Å². The number of hydrogen-bond donors (Lipinski definition) is 3. The Morgan fingerprint density at radius 1 is 1.17 bits per heavy atom. The van der Waals surface area contributed by atoms with Crippen LogP contribution in [0.4, 0.5) is 10.5 Å². The lowest BCUT2D eigenvalue weighted by Gasteiger charge is -2.16. The van der Waals surface area contributed by atoms with Crippen LogP contribution in [0.1, 0.15) is 40.6 Å². The van der Waals surface area contributed by atoms with Crippen LogP contribution in [0.5, 0.6) is 0 Å². The number of urea groups is 1. The molecular weight excluding hydrogens is 390 g/mol. The zero-order valence-corrected chi connectivity index (χ0v) is 16.8. The maximum Gasteiger partial charge on any atom is 0.316 e. The molecule has 0 bridgehead atoms. The van der Waals surface area contributed by atoms with Gasteiger partial charge in [-0.15, -0.1) is 11.8 Å². The standard InChI is InChI=1S/C20H21N5O3S/c1-12(14-7-9-15(10-8-14)24-20(21)27)22-19(26)16-5-3-4-6-17(16)29-11-18-23-13(2)25-28-18/h3-10,12H,11H2,1-2H3,(H,22,26)(H3,21,24,27). The fraction of sp³-hybridized carbons (Fsp3) is 0.200. The van der Waals surface area contributed by atoms with Gasteiger partial charge < -0.3 is 20.9 Å². The number of thioether (sulfide) groups is 1. The fourth-order valence-electron chi connectivity index (χ4n) is 2.67. The van der Waals surface area contributed by atoms with E-state index < -0.39 is 6.03 Å². The van der Waals surface area contributed by atoms with Crippen molar-refractivity contribution in [3.8, 4) is 0 Å². The smallest absolute Gasteiger partial charge is 0.316 e. The highest BCUT2D eigenvalue weighted by molar-refractivity contribution is 7.98. The first-order chi connectivity index (χ1) is 13.9. The summed E-state index contributed by atoms with van der Waals surface area (Å²) in [5.41, 5.74) is 7.18. The van der Waals surface area contributed by atoms with Gasteiger partial charge in [-0.2, -0.15) is 4.98 Å². The molecule has 150 valence electrons. The van der Waals surface area contributed by atoms with Gasteiger partial charge in [0.05, 0.1) is 17.4 Å². The number of carbonyl (C=O) groups is 2. The van der Waals surface area contributed by atoms with Crippen LogP contribution in [0, 0.1) is 6.92 Å². The Labute approximate surface area is 172 Å². The number of aryl methyl sites for hydroxylation is 1. The molecule has 0 saturated heterocycles. The number of primary amides is 1. The summed E-state index contributed by atoms with van der Waals surface area (Å²) in [6, 6.07) is 13.7. The van der Waals surface area contributed by atoms with Crippen LogP contribution in [0.2, 0.25) is 0 Å². The van der Waals surface area contributed by atoms with E-state index in [4.69, 9.17) is 10.3 Å². The summed E-state index contributed by atoms with van der Waals surface area (Å²) in [6.07, 6.45) is 0. The molecule has 3 aromatic rings. The number of anilines is 1. The highest BCUT2D eigenvalue weighted by Crippen LogP contribution is 2.26. The number of aromatic nitrogens is 2. The zero-order chi connectivity index (χ0) is 20.8. The van der Waals surface area contributed by atoms with Crippen LogP contribution in [-0.2, 0) is 5.75 Å². The molecule has 0 radical (unpaired) electrons. The van der Waals surface area contributed by atoms with E-state index in [0.717, 1.165) is 10.5 Å². The lowest BCUT2D eigenvalue weighted by atomic mass is 10.1. The van der Waals surface area contributed by atoms with Crippen molar-refractivity contribution in [2.24, 2.45) is 5.73 Å². The predicted molar refractivity (Wildman–Crippen MR) is 111 cm³/mol. The predicted octanol–water partition coefficient (Wildman–Crippen LogP) is 3.65. The minimum absolute atomic E-state index is 0.179. The van der Waals surface area contributed by atoms with Crippen LogP contribution in [0.3, 0.4) is 0 Å². The average molecular weight is 411 g/mol. The Balaban J connectivity index is 1.66. The highest BCUT2D eigenvalue weighted by atomic mass is 32.2. The maximum absolute atomic E-state index is 12.8. The second-order valence-electron chi connectivity index (χ2n) is 6.33. The van der Waals surface area contributed by atoms with Crippen molar-refractivity contribution in [1.29, 1.82) is 0 Å². The molecule has 0 aliphatic heterocycles. The lowest BCUT2D eigenvalue weighted by molar-refractivity contribution is 0.0937. The van der Waals surface area contributed by atoms with E-state index in [0.29, 0.717) is 28.7 Å². The summed E-state index contributed by atoms with van der Waals surface area (Å²) >= 11 is 1.46. The Hall–Kier alpha value is -3.33. The Morgan fingerprint density at radius 3 is 2.55 bits per heavy atom. The molecule has 1 unspecified atom stereocenters. The number of amides is 3. The first-order valence-corrected chi connectivity index (χ1v) is 9.89. The molecule has 4 N–H and O–H groups in total. The van der Waals surface area contributed by atoms with E-state index in [-0.39, 0.29) is 11.9 Å². The molecule has 1 aromatic heterocycles. The third-order valence-corrected chi connectivity index (χ3v) is 5.14. The molecule has 0 aliphatic rings. The molecule has 3 rings (SSSR count). The molecule has 1 heterocycles. The van der Waals surface area contributed by atoms with Crippen LogP contribution in [0.15, 0.2) is 57.9 Å². The Bertz CT molecular complexity index is 1000. The molecular formula is C20H21N5O3S. The number of nitrogens with two attached hydrogens (primary N) is 1. The van der Waals surface area contributed by atoms with Crippen molar-refractivity contribution >= 4 is 29.4 Å². The topological polar surface area (TPSA) is 123 Å². The second-order valence-corrected chi connectivity index (χ2v) is 7.34. The average Bonchev–Trinajstić information content (AvgIpc) is 3.12. The quantitative estimate of drug-likeness (QED) is 0.510. The number of rotatable bonds is 7. The van der Waals surface area contributed by atoms with Gasteiger partial charge in [-0.05, 0) is 43.7 Å². The van der Waals surface area contributed by atoms with Gasteiger partial charge in [-0.1, -0.05) is 29.4 Å². The third kappa shape index (κ3) is 5.58. The van der Waals surface area contributed by atoms with Crippen LogP contribution >= 0.6 is 11.8 Å². The van der Waals surface area contributed by atoms with Gasteiger partial charge in [0.2, 0.25) is 5.89 Å². The molecule has 0 spiro atoms. The summed E-state index contributed by atoms with van der Waals surface area (Å²) in [5, 5.41) is 9.28. The normalized spacial score (nSPS) is 11.7. The number of hydrogen-bond acceptors (Lipinski definition) is 6. The SMILES string of the molecule is Cc1noc(CSc2ccccc2C(=O)NC(C)c2ccc(NC(N)=O)cc2)n1. The lowest BCUT2D eigenvalue weighted by Crippen LogP contribution is -2.27. The first-order valence-electron chi connectivity index (χ1n) is 8.90. The first kappa shape index (κ1) is 20.4. The molecule has 0 aliphatic carbocycles. The monoisotopic (exact) mass is 411 g/mol. The summed E-state index contributed by atoms with van der Waals surface area (Å²) in [7, 11) is 0. The largest absolute Gasteiger partial charge is 0.351 e. The van der Waals surface area contributed by atoms with Gasteiger partial charge in [0.25, 0.3) is 5.91 Å². The molecule has 9 heteroatoms. The van der Waals surface area contributed by atoms with Crippen molar-refractivity contribution in [2.45, 2.75) is 30.5 Å². The van der Waals surface area contributed by atoms with E-state index in [9.17, 15) is 9.59 Å². The molecule has 0 fully saturated rings. The van der Waals surface area contributed by atoms with E-state index >= 15 is 0 Å². The van der Waals surface area contributed by atoms with Crippen molar-refractivity contribution in [2.75, 3.05) is 5.32 Å². The van der Waals surface area contributed by atoms with E-state index in [1.54, 1.807) is 25.1 Å². The fourth-order valence-corrected chi connectivity index (χ4v) is 3.56. The van der Waals surface area contributed by atoms with Gasteiger partial charge in [0.15, 0.2) is 5.82 Å². The van der Waals surface area contributed by atoms with Gasteiger partial charge in [0.1, 0.15) is 0 Å². The highest BCUT2D eigenvalue weighted by Gasteiger charge is 2.16. The van der Waals surface area contributed by atoms with Crippen molar-refractivity contribution in [3.63, 3.8) is 0 Å². The van der Waals surface area contributed by atoms with E-state index in [1.165, 1.54) is 11.8 Å². The number of carbonyl (C=O) groups excluding carboxylic acids is 2. The van der Waals surface area contributed by atoms with Crippen molar-refractivity contribution < 1.29 is 14.1 Å². The van der Waals surface area contributed by atoms with Gasteiger partial charge >= 0.3 is 6.03 Å². The number of nitrogens with one attached hydrogen (secondary N) is 2. The minimum Gasteiger partial charge on any atom is -0.351 e. The van der Waals surface area contributed by atoms with Crippen LogP contribution < -0.4 is 16.4 Å². The van der Waals surface area contributed by atoms with Gasteiger partial charge in [-0.3, -0.25) is 4.79 Å². The summed E-state index contributed by atoms with van der Waals surface area (Å²) in [5.74, 6) is 1.40. The van der Waals surface area contributed by atoms with Gasteiger partial charge in [-0.25, -0.2) is 4.79 Å². The van der Waals surface area contributed by atoms with E-state index in [2.05, 4.69) is 20.8 Å². The van der Waals surface area contributed by atoms with Crippen LogP contribution in [0.25, 0.3) is 0 Å². The second kappa shape index (κ2) is 9.24. The number of nitrogens with zero attached hydrogens (tertiary/aromatic N) is 2.